The van der Waals surface area contributed by atoms with Crippen LogP contribution in [-0.2, 0) is 6.42 Å². The van der Waals surface area contributed by atoms with E-state index in [2.05, 4.69) is 15.5 Å². The van der Waals surface area contributed by atoms with Gasteiger partial charge in [-0.15, -0.1) is 0 Å². The van der Waals surface area contributed by atoms with E-state index in [9.17, 15) is 5.11 Å². The van der Waals surface area contributed by atoms with Gasteiger partial charge in [-0.3, -0.25) is 0 Å². The Morgan fingerprint density at radius 3 is 3.20 bits per heavy atom. The van der Waals surface area contributed by atoms with Crippen LogP contribution in [-0.4, -0.2) is 34.4 Å². The van der Waals surface area contributed by atoms with Crippen LogP contribution in [0.4, 0.5) is 0 Å². The van der Waals surface area contributed by atoms with Crippen molar-refractivity contribution in [2.45, 2.75) is 38.2 Å². The summed E-state index contributed by atoms with van der Waals surface area (Å²) in [7, 11) is 0. The molecule has 5 heteroatoms. The van der Waals surface area contributed by atoms with Gasteiger partial charge in [0.05, 0.1) is 12.5 Å². The minimum Gasteiger partial charge on any atom is -0.393 e. The van der Waals surface area contributed by atoms with Crippen LogP contribution >= 0.6 is 0 Å². The van der Waals surface area contributed by atoms with Crippen molar-refractivity contribution in [1.82, 2.24) is 15.5 Å². The van der Waals surface area contributed by atoms with E-state index in [1.807, 2.05) is 0 Å². The number of rotatable bonds is 3. The van der Waals surface area contributed by atoms with Crippen LogP contribution in [0.1, 0.15) is 37.4 Å². The van der Waals surface area contributed by atoms with Gasteiger partial charge < -0.3 is 14.9 Å². The van der Waals surface area contributed by atoms with E-state index in [0.717, 1.165) is 31.8 Å². The topological polar surface area (TPSA) is 71.2 Å². The van der Waals surface area contributed by atoms with Crippen LogP contribution in [0.25, 0.3) is 0 Å². The molecule has 2 N–H and O–H groups in total. The molecule has 1 aromatic heterocycles. The third-order valence-corrected chi connectivity index (χ3v) is 2.62. The van der Waals surface area contributed by atoms with Crippen molar-refractivity contribution in [3.63, 3.8) is 0 Å². The normalized spacial score (nSPS) is 24.0. The summed E-state index contributed by atoms with van der Waals surface area (Å²) >= 11 is 0. The lowest BCUT2D eigenvalue weighted by molar-refractivity contribution is 0.181. The second-order valence-corrected chi connectivity index (χ2v) is 4.14. The number of piperidine rings is 1. The zero-order valence-corrected chi connectivity index (χ0v) is 8.94. The molecule has 1 fully saturated rings. The van der Waals surface area contributed by atoms with Gasteiger partial charge in [-0.2, -0.15) is 4.98 Å². The average Bonchev–Trinajstić information content (AvgIpc) is 2.67. The summed E-state index contributed by atoms with van der Waals surface area (Å²) in [5.74, 6) is 1.67. The summed E-state index contributed by atoms with van der Waals surface area (Å²) in [5.41, 5.74) is 0. The van der Waals surface area contributed by atoms with Gasteiger partial charge >= 0.3 is 0 Å². The molecule has 2 heterocycles. The van der Waals surface area contributed by atoms with Crippen molar-refractivity contribution in [2.24, 2.45) is 0 Å². The minimum atomic E-state index is -0.428. The molecular weight excluding hydrogens is 194 g/mol. The summed E-state index contributed by atoms with van der Waals surface area (Å²) in [4.78, 5) is 4.30. The lowest BCUT2D eigenvalue weighted by Gasteiger charge is -2.19. The number of nitrogens with one attached hydrogen (secondary N) is 1. The highest BCUT2D eigenvalue weighted by atomic mass is 16.5. The molecular formula is C10H17N3O2. The Labute approximate surface area is 88.9 Å². The minimum absolute atomic E-state index is 0.366. The largest absolute Gasteiger partial charge is 0.393 e. The Balaban J connectivity index is 1.99. The first kappa shape index (κ1) is 10.6. The van der Waals surface area contributed by atoms with Crippen molar-refractivity contribution in [3.05, 3.63) is 11.7 Å². The number of hydrogen-bond acceptors (Lipinski definition) is 5. The summed E-state index contributed by atoms with van der Waals surface area (Å²) in [6, 6.07) is 0. The molecule has 0 aliphatic carbocycles. The molecule has 1 saturated heterocycles. The summed E-state index contributed by atoms with van der Waals surface area (Å²) in [5, 5.41) is 16.5. The Hall–Kier alpha value is -0.940. The predicted molar refractivity (Wildman–Crippen MR) is 54.5 cm³/mol. The van der Waals surface area contributed by atoms with Gasteiger partial charge in [-0.25, -0.2) is 0 Å². The van der Waals surface area contributed by atoms with Gasteiger partial charge in [0.1, 0.15) is 0 Å². The van der Waals surface area contributed by atoms with E-state index < -0.39 is 6.10 Å². The molecule has 0 aromatic carbocycles. The molecule has 0 saturated carbocycles. The predicted octanol–water partition coefficient (Wildman–Crippen LogP) is 0.460. The smallest absolute Gasteiger partial charge is 0.229 e. The monoisotopic (exact) mass is 211 g/mol. The molecule has 15 heavy (non-hydrogen) atoms. The van der Waals surface area contributed by atoms with Crippen molar-refractivity contribution in [2.75, 3.05) is 13.1 Å². The second kappa shape index (κ2) is 4.72. The van der Waals surface area contributed by atoms with Crippen LogP contribution in [0.15, 0.2) is 4.52 Å². The summed E-state index contributed by atoms with van der Waals surface area (Å²) < 4.78 is 5.08. The molecule has 84 valence electrons. The number of hydrogen-bond donors (Lipinski definition) is 2. The highest BCUT2D eigenvalue weighted by Gasteiger charge is 2.20. The van der Waals surface area contributed by atoms with Gasteiger partial charge in [0.2, 0.25) is 5.89 Å². The third kappa shape index (κ3) is 2.76. The van der Waals surface area contributed by atoms with E-state index in [1.54, 1.807) is 6.92 Å². The first-order chi connectivity index (χ1) is 7.25. The van der Waals surface area contributed by atoms with Crippen molar-refractivity contribution in [3.8, 4) is 0 Å². The maximum Gasteiger partial charge on any atom is 0.229 e. The molecule has 1 aliphatic rings. The highest BCUT2D eigenvalue weighted by molar-refractivity contribution is 4.98. The Bertz CT molecular complexity index is 305. The molecule has 1 aliphatic heterocycles. The molecule has 0 spiro atoms. The van der Waals surface area contributed by atoms with Crippen LogP contribution in [0.5, 0.6) is 0 Å². The van der Waals surface area contributed by atoms with Crippen LogP contribution < -0.4 is 5.32 Å². The number of nitrogens with zero attached hydrogens (tertiary/aromatic N) is 2. The molecule has 2 atom stereocenters. The van der Waals surface area contributed by atoms with Gasteiger partial charge in [0, 0.05) is 12.5 Å². The van der Waals surface area contributed by atoms with E-state index >= 15 is 0 Å². The third-order valence-electron chi connectivity index (χ3n) is 2.62. The lowest BCUT2D eigenvalue weighted by Crippen LogP contribution is -2.28. The van der Waals surface area contributed by atoms with Crippen LogP contribution in [0.2, 0.25) is 0 Å². The van der Waals surface area contributed by atoms with E-state index in [1.165, 1.54) is 0 Å². The van der Waals surface area contributed by atoms with Crippen molar-refractivity contribution < 1.29 is 9.63 Å². The molecule has 0 amide bonds. The number of aromatic nitrogens is 2. The zero-order valence-electron chi connectivity index (χ0n) is 8.94. The van der Waals surface area contributed by atoms with Gasteiger partial charge in [-0.1, -0.05) is 5.16 Å². The fourth-order valence-corrected chi connectivity index (χ4v) is 1.84. The average molecular weight is 211 g/mol. The van der Waals surface area contributed by atoms with Gasteiger partial charge in [-0.05, 0) is 26.3 Å². The molecule has 2 unspecified atom stereocenters. The maximum absolute atomic E-state index is 9.19. The van der Waals surface area contributed by atoms with Gasteiger partial charge in [0.15, 0.2) is 5.82 Å². The van der Waals surface area contributed by atoms with E-state index in [-0.39, 0.29) is 0 Å². The number of aliphatic hydroxyl groups excluding tert-OH is 1. The van der Waals surface area contributed by atoms with Crippen LogP contribution in [0.3, 0.4) is 0 Å². The zero-order chi connectivity index (χ0) is 10.7. The fourth-order valence-electron chi connectivity index (χ4n) is 1.84. The molecule has 0 radical (unpaired) electrons. The second-order valence-electron chi connectivity index (χ2n) is 4.14. The molecule has 2 rings (SSSR count). The van der Waals surface area contributed by atoms with Crippen LogP contribution in [0, 0.1) is 0 Å². The van der Waals surface area contributed by atoms with E-state index in [0.29, 0.717) is 18.2 Å². The Kier molecular flexibility index (Phi) is 3.33. The quantitative estimate of drug-likeness (QED) is 0.760. The lowest BCUT2D eigenvalue weighted by atomic mass is 9.99. The summed E-state index contributed by atoms with van der Waals surface area (Å²) in [6.07, 6.45) is 2.28. The first-order valence-electron chi connectivity index (χ1n) is 5.47. The molecule has 5 nitrogen and oxygen atoms in total. The standard InChI is InChI=1S/C10H17N3O2/c1-7(14)5-9-12-10(13-15-9)8-3-2-4-11-6-8/h7-8,11,14H,2-6H2,1H3. The van der Waals surface area contributed by atoms with E-state index in [4.69, 9.17) is 4.52 Å². The fraction of sp³-hybridized carbons (Fsp3) is 0.800. The van der Waals surface area contributed by atoms with Crippen molar-refractivity contribution >= 4 is 0 Å². The molecule has 1 aromatic rings. The number of aliphatic hydroxyl groups is 1. The summed E-state index contributed by atoms with van der Waals surface area (Å²) in [6.45, 7) is 3.72. The highest BCUT2D eigenvalue weighted by Crippen LogP contribution is 2.20. The maximum atomic E-state index is 9.19. The Morgan fingerprint density at radius 1 is 1.67 bits per heavy atom. The first-order valence-corrected chi connectivity index (χ1v) is 5.47. The Morgan fingerprint density at radius 2 is 2.53 bits per heavy atom. The SMILES string of the molecule is CC(O)Cc1nc(C2CCCNC2)no1. The van der Waals surface area contributed by atoms with Gasteiger partial charge in [0.25, 0.3) is 0 Å². The molecule has 0 bridgehead atoms. The van der Waals surface area contributed by atoms with Crippen molar-refractivity contribution in [1.29, 1.82) is 0 Å².